The SMILES string of the molecule is CCN(Cc1cc(F)cc(F)c1)CC1CCNCC1. The normalized spacial score (nSPS) is 17.1. The molecule has 1 aliphatic rings. The molecule has 2 nitrogen and oxygen atoms in total. The molecule has 19 heavy (non-hydrogen) atoms. The summed E-state index contributed by atoms with van der Waals surface area (Å²) < 4.78 is 26.3. The maximum atomic E-state index is 13.2. The summed E-state index contributed by atoms with van der Waals surface area (Å²) in [5.74, 6) is -0.291. The van der Waals surface area contributed by atoms with E-state index in [9.17, 15) is 8.78 Å². The van der Waals surface area contributed by atoms with E-state index in [4.69, 9.17) is 0 Å². The van der Waals surface area contributed by atoms with E-state index in [1.54, 1.807) is 0 Å². The molecular weight excluding hydrogens is 246 g/mol. The molecule has 1 aromatic rings. The monoisotopic (exact) mass is 268 g/mol. The summed E-state index contributed by atoms with van der Waals surface area (Å²) in [5, 5.41) is 3.35. The number of rotatable bonds is 5. The van der Waals surface area contributed by atoms with Crippen molar-refractivity contribution < 1.29 is 8.78 Å². The zero-order chi connectivity index (χ0) is 13.7. The number of nitrogens with zero attached hydrogens (tertiary/aromatic N) is 1. The predicted molar refractivity (Wildman–Crippen MR) is 72.9 cm³/mol. The molecule has 1 fully saturated rings. The summed E-state index contributed by atoms with van der Waals surface area (Å²) in [7, 11) is 0. The van der Waals surface area contributed by atoms with Crippen LogP contribution in [0, 0.1) is 17.6 Å². The Hall–Kier alpha value is -1.00. The van der Waals surface area contributed by atoms with Crippen molar-refractivity contribution in [3.63, 3.8) is 0 Å². The Morgan fingerprint density at radius 3 is 2.37 bits per heavy atom. The van der Waals surface area contributed by atoms with Crippen LogP contribution in [0.15, 0.2) is 18.2 Å². The molecule has 0 spiro atoms. The van der Waals surface area contributed by atoms with Crippen LogP contribution in [0.5, 0.6) is 0 Å². The topological polar surface area (TPSA) is 15.3 Å². The zero-order valence-electron chi connectivity index (χ0n) is 11.5. The van der Waals surface area contributed by atoms with Crippen molar-refractivity contribution in [1.29, 1.82) is 0 Å². The Kier molecular flexibility index (Phi) is 5.28. The van der Waals surface area contributed by atoms with Crippen LogP contribution in [0.2, 0.25) is 0 Å². The predicted octanol–water partition coefficient (Wildman–Crippen LogP) is 2.79. The summed E-state index contributed by atoms with van der Waals surface area (Å²) in [6.45, 7) is 6.79. The molecule has 0 aliphatic carbocycles. The van der Waals surface area contributed by atoms with Crippen molar-refractivity contribution in [1.82, 2.24) is 10.2 Å². The van der Waals surface area contributed by atoms with E-state index < -0.39 is 11.6 Å². The van der Waals surface area contributed by atoms with Gasteiger partial charge in [-0.1, -0.05) is 6.92 Å². The summed E-state index contributed by atoms with van der Waals surface area (Å²) >= 11 is 0. The third-order valence-electron chi connectivity index (χ3n) is 3.75. The fraction of sp³-hybridized carbons (Fsp3) is 0.600. The van der Waals surface area contributed by atoms with Gasteiger partial charge in [0.15, 0.2) is 0 Å². The average molecular weight is 268 g/mol. The van der Waals surface area contributed by atoms with E-state index in [-0.39, 0.29) is 0 Å². The lowest BCUT2D eigenvalue weighted by Crippen LogP contribution is -2.35. The molecule has 0 aromatic heterocycles. The second-order valence-corrected chi connectivity index (χ2v) is 5.30. The Bertz CT molecular complexity index is 383. The molecule has 4 heteroatoms. The first-order valence-electron chi connectivity index (χ1n) is 7.05. The largest absolute Gasteiger partial charge is 0.317 e. The van der Waals surface area contributed by atoms with Crippen LogP contribution in [0.3, 0.4) is 0 Å². The summed E-state index contributed by atoms with van der Waals surface area (Å²) in [6, 6.07) is 3.77. The number of piperidine rings is 1. The minimum atomic E-state index is -0.493. The lowest BCUT2D eigenvalue weighted by Gasteiger charge is -2.29. The van der Waals surface area contributed by atoms with E-state index in [1.807, 2.05) is 0 Å². The summed E-state index contributed by atoms with van der Waals surface area (Å²) in [4.78, 5) is 2.27. The fourth-order valence-corrected chi connectivity index (χ4v) is 2.70. The van der Waals surface area contributed by atoms with Gasteiger partial charge in [0.1, 0.15) is 11.6 Å². The maximum Gasteiger partial charge on any atom is 0.126 e. The van der Waals surface area contributed by atoms with Gasteiger partial charge in [0.2, 0.25) is 0 Å². The molecule has 0 unspecified atom stereocenters. The highest BCUT2D eigenvalue weighted by atomic mass is 19.1. The van der Waals surface area contributed by atoms with Gasteiger partial charge in [0, 0.05) is 19.2 Å². The first kappa shape index (κ1) is 14.4. The van der Waals surface area contributed by atoms with Crippen molar-refractivity contribution in [2.24, 2.45) is 5.92 Å². The van der Waals surface area contributed by atoms with Gasteiger partial charge in [-0.05, 0) is 56.1 Å². The smallest absolute Gasteiger partial charge is 0.126 e. The Labute approximate surface area is 113 Å². The zero-order valence-corrected chi connectivity index (χ0v) is 11.5. The van der Waals surface area contributed by atoms with Gasteiger partial charge in [0.25, 0.3) is 0 Å². The summed E-state index contributed by atoms with van der Waals surface area (Å²) in [6.07, 6.45) is 2.38. The van der Waals surface area contributed by atoms with E-state index in [2.05, 4.69) is 17.1 Å². The van der Waals surface area contributed by atoms with Gasteiger partial charge in [-0.25, -0.2) is 8.78 Å². The van der Waals surface area contributed by atoms with Crippen molar-refractivity contribution in [2.75, 3.05) is 26.2 Å². The van der Waals surface area contributed by atoms with Crippen molar-refractivity contribution >= 4 is 0 Å². The van der Waals surface area contributed by atoms with Crippen LogP contribution >= 0.6 is 0 Å². The van der Waals surface area contributed by atoms with E-state index in [1.165, 1.54) is 25.0 Å². The van der Waals surface area contributed by atoms with Crippen LogP contribution in [0.1, 0.15) is 25.3 Å². The van der Waals surface area contributed by atoms with Crippen molar-refractivity contribution in [3.05, 3.63) is 35.4 Å². The van der Waals surface area contributed by atoms with Gasteiger partial charge >= 0.3 is 0 Å². The molecule has 1 saturated heterocycles. The van der Waals surface area contributed by atoms with Gasteiger partial charge in [0.05, 0.1) is 0 Å². The van der Waals surface area contributed by atoms with Gasteiger partial charge in [-0.3, -0.25) is 4.90 Å². The molecule has 0 bridgehead atoms. The lowest BCUT2D eigenvalue weighted by molar-refractivity contribution is 0.206. The highest BCUT2D eigenvalue weighted by Gasteiger charge is 2.16. The molecule has 1 N–H and O–H groups in total. The standard InChI is InChI=1S/C15H22F2N2/c1-2-19(10-12-3-5-18-6-4-12)11-13-7-14(16)9-15(17)8-13/h7-9,12,18H,2-6,10-11H2,1H3. The van der Waals surface area contributed by atoms with Crippen LogP contribution in [0.25, 0.3) is 0 Å². The van der Waals surface area contributed by atoms with Crippen LogP contribution in [0.4, 0.5) is 8.78 Å². The second-order valence-electron chi connectivity index (χ2n) is 5.30. The lowest BCUT2D eigenvalue weighted by atomic mass is 9.97. The van der Waals surface area contributed by atoms with Crippen molar-refractivity contribution in [2.45, 2.75) is 26.3 Å². The van der Waals surface area contributed by atoms with Crippen LogP contribution in [-0.2, 0) is 6.54 Å². The first-order chi connectivity index (χ1) is 9.17. The molecule has 0 amide bonds. The van der Waals surface area contributed by atoms with Gasteiger partial charge in [-0.15, -0.1) is 0 Å². The molecule has 0 saturated carbocycles. The van der Waals surface area contributed by atoms with E-state index in [0.29, 0.717) is 18.0 Å². The Balaban J connectivity index is 1.93. The van der Waals surface area contributed by atoms with E-state index in [0.717, 1.165) is 32.2 Å². The minimum absolute atomic E-state index is 0.493. The second kappa shape index (κ2) is 6.96. The minimum Gasteiger partial charge on any atom is -0.317 e. The van der Waals surface area contributed by atoms with Crippen LogP contribution < -0.4 is 5.32 Å². The fourth-order valence-electron chi connectivity index (χ4n) is 2.70. The number of hydrogen-bond donors (Lipinski definition) is 1. The van der Waals surface area contributed by atoms with Crippen LogP contribution in [-0.4, -0.2) is 31.1 Å². The number of benzene rings is 1. The quantitative estimate of drug-likeness (QED) is 0.883. The molecule has 0 atom stereocenters. The Morgan fingerprint density at radius 2 is 1.79 bits per heavy atom. The van der Waals surface area contributed by atoms with E-state index >= 15 is 0 Å². The van der Waals surface area contributed by atoms with Crippen molar-refractivity contribution in [3.8, 4) is 0 Å². The van der Waals surface area contributed by atoms with Gasteiger partial charge in [-0.2, -0.15) is 0 Å². The molecule has 2 rings (SSSR count). The number of hydrogen-bond acceptors (Lipinski definition) is 2. The average Bonchev–Trinajstić information content (AvgIpc) is 2.38. The molecule has 0 radical (unpaired) electrons. The highest BCUT2D eigenvalue weighted by Crippen LogP contribution is 2.16. The molecule has 106 valence electrons. The third-order valence-corrected chi connectivity index (χ3v) is 3.75. The maximum absolute atomic E-state index is 13.2. The molecule has 1 aromatic carbocycles. The van der Waals surface area contributed by atoms with Gasteiger partial charge < -0.3 is 5.32 Å². The number of nitrogens with one attached hydrogen (secondary N) is 1. The molecular formula is C15H22F2N2. The molecule has 1 heterocycles. The highest BCUT2D eigenvalue weighted by molar-refractivity contribution is 5.17. The molecule has 1 aliphatic heterocycles. The summed E-state index contributed by atoms with van der Waals surface area (Å²) in [5.41, 5.74) is 0.716. The first-order valence-corrected chi connectivity index (χ1v) is 7.05. The number of halogens is 2. The third kappa shape index (κ3) is 4.55. The Morgan fingerprint density at radius 1 is 1.16 bits per heavy atom.